The summed E-state index contributed by atoms with van der Waals surface area (Å²) in [4.78, 5) is 0. The summed E-state index contributed by atoms with van der Waals surface area (Å²) in [5.41, 5.74) is 0. The first-order chi connectivity index (χ1) is 9.08. The van der Waals surface area contributed by atoms with Crippen molar-refractivity contribution in [1.29, 1.82) is 0 Å². The van der Waals surface area contributed by atoms with E-state index in [4.69, 9.17) is 0 Å². The van der Waals surface area contributed by atoms with Crippen LogP contribution in [0.5, 0.6) is 0 Å². The Labute approximate surface area is 205 Å². The SMILES string of the molecule is S=C([S-])NS.S=C([S-])NS.S=C([S-])NS.S=C([S-])NS.[Mo+4]. The van der Waals surface area contributed by atoms with Crippen LogP contribution in [0.1, 0.15) is 0 Å². The first-order valence-electron chi connectivity index (χ1n) is 3.53. The van der Waals surface area contributed by atoms with Crippen LogP contribution in [-0.2, 0) is 71.6 Å². The third-order valence-corrected chi connectivity index (χ3v) is 3.29. The molecule has 0 aliphatic heterocycles. The summed E-state index contributed by atoms with van der Waals surface area (Å²) >= 11 is 48.7. The van der Waals surface area contributed by atoms with Gasteiger partial charge < -0.3 is 118 Å². The molecule has 0 aliphatic carbocycles. The topological polar surface area (TPSA) is 48.1 Å². The molecular weight excluding hydrogens is 585 g/mol. The Bertz CT molecular complexity index is 230. The first-order valence-corrected chi connectivity index (χ1v) is 8.58. The molecule has 0 aliphatic rings. The average molecular weight is 593 g/mol. The Morgan fingerprint density at radius 1 is 0.524 bits per heavy atom. The van der Waals surface area contributed by atoms with Gasteiger partial charge in [0.2, 0.25) is 0 Å². The van der Waals surface area contributed by atoms with Crippen LogP contribution in [-0.4, -0.2) is 17.3 Å². The first kappa shape index (κ1) is 34.8. The van der Waals surface area contributed by atoms with Gasteiger partial charge in [-0.15, -0.1) is 0 Å². The van der Waals surface area contributed by atoms with E-state index in [0.717, 1.165) is 0 Å². The second-order valence-corrected chi connectivity index (χ2v) is 6.79. The van der Waals surface area contributed by atoms with Crippen LogP contribution < -0.4 is 18.9 Å². The Morgan fingerprint density at radius 2 is 0.571 bits per heavy atom. The molecule has 4 nitrogen and oxygen atoms in total. The summed E-state index contributed by atoms with van der Waals surface area (Å²) in [7, 11) is 0. The average Bonchev–Trinajstić information content (AvgIpc) is 2.40. The van der Waals surface area contributed by atoms with Gasteiger partial charge in [0.15, 0.2) is 0 Å². The van der Waals surface area contributed by atoms with E-state index in [0.29, 0.717) is 0 Å². The number of hydrogen-bond acceptors (Lipinski definition) is 12. The Morgan fingerprint density at radius 3 is 0.571 bits per heavy atom. The minimum absolute atomic E-state index is 0. The van der Waals surface area contributed by atoms with Crippen molar-refractivity contribution in [2.24, 2.45) is 0 Å². The molecule has 0 bridgehead atoms. The van der Waals surface area contributed by atoms with Crippen molar-refractivity contribution in [3.63, 3.8) is 0 Å². The number of thiocarbonyl (C=S) groups is 4. The van der Waals surface area contributed by atoms with Gasteiger partial charge in [0.25, 0.3) is 0 Å². The summed E-state index contributed by atoms with van der Waals surface area (Å²) in [6.45, 7) is 0. The Hall–Kier alpha value is 2.53. The normalized spacial score (nSPS) is 6.29. The Kier molecular flexibility index (Phi) is 50.4. The molecule has 0 spiro atoms. The molecule has 0 radical (unpaired) electrons. The van der Waals surface area contributed by atoms with E-state index in [1.54, 1.807) is 0 Å². The maximum absolute atomic E-state index is 4.32. The van der Waals surface area contributed by atoms with Gasteiger partial charge in [0.05, 0.1) is 0 Å². The second-order valence-electron chi connectivity index (χ2n) is 1.60. The molecule has 0 aromatic carbocycles. The molecule has 122 valence electrons. The summed E-state index contributed by atoms with van der Waals surface area (Å²) in [6.07, 6.45) is 0. The Balaban J connectivity index is -0.0000000533. The molecule has 0 unspecified atom stereocenters. The predicted octanol–water partition coefficient (Wildman–Crippen LogP) is 1.01. The van der Waals surface area contributed by atoms with Gasteiger partial charge in [-0.05, 0) is 0 Å². The zero-order valence-electron chi connectivity index (χ0n) is 9.46. The van der Waals surface area contributed by atoms with E-state index in [2.05, 4.69) is 170 Å². The van der Waals surface area contributed by atoms with Crippen molar-refractivity contribution in [2.75, 3.05) is 0 Å². The predicted molar refractivity (Wildman–Crippen MR) is 128 cm³/mol. The zero-order valence-corrected chi connectivity index (χ0v) is 21.6. The summed E-state index contributed by atoms with van der Waals surface area (Å²) in [5, 5.41) is 0. The fraction of sp³-hybridized carbons (Fsp3) is 0. The molecule has 0 aromatic rings. The van der Waals surface area contributed by atoms with E-state index in [1.807, 2.05) is 0 Å². The summed E-state index contributed by atoms with van der Waals surface area (Å²) < 4.78 is 10.2. The van der Waals surface area contributed by atoms with Gasteiger partial charge in [-0.25, -0.2) is 0 Å². The fourth-order valence-corrected chi connectivity index (χ4v) is 0. The standard InChI is InChI=1S/4CH3NS3.Mo/c4*3-1(4)2-5;/h4*5H,(H2,2,3,4);/q;;;;+4/p-4. The molecule has 4 N–H and O–H groups in total. The second kappa shape index (κ2) is 30.4. The molecular formula is C4H8MoN4S12. The zero-order chi connectivity index (χ0) is 17.1. The van der Waals surface area contributed by atoms with E-state index in [-0.39, 0.29) is 38.3 Å². The van der Waals surface area contributed by atoms with Gasteiger partial charge in [0.1, 0.15) is 0 Å². The van der Waals surface area contributed by atoms with Crippen LogP contribution >= 0.6 is 100 Å². The van der Waals surface area contributed by atoms with Crippen LogP contribution in [0, 0.1) is 0 Å². The number of hydrogen-bond donors (Lipinski definition) is 8. The number of thiol groups is 4. The van der Waals surface area contributed by atoms with Crippen molar-refractivity contribution < 1.29 is 21.1 Å². The van der Waals surface area contributed by atoms with E-state index in [1.165, 1.54) is 0 Å². The quantitative estimate of drug-likeness (QED) is 0.0898. The molecule has 0 aromatic heterocycles. The number of rotatable bonds is 0. The van der Waals surface area contributed by atoms with Crippen LogP contribution in [0.2, 0.25) is 0 Å². The fourth-order valence-electron chi connectivity index (χ4n) is 0. The van der Waals surface area contributed by atoms with Crippen LogP contribution in [0.4, 0.5) is 0 Å². The minimum Gasteiger partial charge on any atom is -0.411 e. The van der Waals surface area contributed by atoms with Crippen molar-refractivity contribution in [3.8, 4) is 0 Å². The molecule has 0 atom stereocenters. The minimum atomic E-state index is 0. The molecule has 0 amide bonds. The van der Waals surface area contributed by atoms with Crippen molar-refractivity contribution in [2.45, 2.75) is 0 Å². The van der Waals surface area contributed by atoms with Gasteiger partial charge in [-0.2, -0.15) is 0 Å². The third kappa shape index (κ3) is 85.6. The molecule has 0 saturated heterocycles. The number of nitrogens with one attached hydrogen (secondary N) is 4. The molecule has 17 heteroatoms. The van der Waals surface area contributed by atoms with Gasteiger partial charge >= 0.3 is 21.1 Å². The smallest absolute Gasteiger partial charge is 0.411 e. The molecule has 0 rings (SSSR count). The van der Waals surface area contributed by atoms with Gasteiger partial charge in [-0.1, -0.05) is 68.5 Å². The van der Waals surface area contributed by atoms with E-state index < -0.39 is 0 Å². The van der Waals surface area contributed by atoms with Gasteiger partial charge in [-0.3, -0.25) is 0 Å². The van der Waals surface area contributed by atoms with E-state index in [9.17, 15) is 0 Å². The largest absolute Gasteiger partial charge is 4.00 e. The molecule has 0 fully saturated rings. The van der Waals surface area contributed by atoms with E-state index >= 15 is 0 Å². The van der Waals surface area contributed by atoms with Crippen LogP contribution in [0.3, 0.4) is 0 Å². The maximum atomic E-state index is 4.32. The molecule has 21 heavy (non-hydrogen) atoms. The van der Waals surface area contributed by atoms with Gasteiger partial charge in [0, 0.05) is 0 Å². The molecule has 0 heterocycles. The van der Waals surface area contributed by atoms with Crippen molar-refractivity contribution in [3.05, 3.63) is 0 Å². The van der Waals surface area contributed by atoms with Crippen LogP contribution in [0.25, 0.3) is 0 Å². The summed E-state index contributed by atoms with van der Waals surface area (Å²) in [6, 6.07) is 0. The molecule has 0 saturated carbocycles. The van der Waals surface area contributed by atoms with Crippen molar-refractivity contribution in [1.82, 2.24) is 18.9 Å². The third-order valence-electron chi connectivity index (χ3n) is 0.365. The van der Waals surface area contributed by atoms with Crippen molar-refractivity contribution >= 4 is 168 Å². The van der Waals surface area contributed by atoms with Crippen LogP contribution in [0.15, 0.2) is 0 Å². The monoisotopic (exact) mass is 594 g/mol. The summed E-state index contributed by atoms with van der Waals surface area (Å²) in [5.74, 6) is 0. The maximum Gasteiger partial charge on any atom is 4.00 e.